The van der Waals surface area contributed by atoms with E-state index in [0.717, 1.165) is 21.4 Å². The molecule has 4 aromatic rings. The number of anilines is 1. The fourth-order valence-electron chi connectivity index (χ4n) is 2.13. The number of thiophene rings is 1. The second kappa shape index (κ2) is 4.46. The molecule has 21 heavy (non-hydrogen) atoms. The summed E-state index contributed by atoms with van der Waals surface area (Å²) in [7, 11) is 0. The number of benzene rings is 1. The van der Waals surface area contributed by atoms with Gasteiger partial charge in [0, 0.05) is 5.39 Å². The number of nitrogens with zero attached hydrogens (tertiary/aromatic N) is 2. The summed E-state index contributed by atoms with van der Waals surface area (Å²) < 4.78 is 11.0. The van der Waals surface area contributed by atoms with Gasteiger partial charge in [0.2, 0.25) is 5.82 Å². The van der Waals surface area contributed by atoms with Crippen LogP contribution in [0.4, 0.5) is 5.69 Å². The fourth-order valence-corrected chi connectivity index (χ4v) is 3.02. The van der Waals surface area contributed by atoms with Crippen molar-refractivity contribution in [3.05, 3.63) is 41.3 Å². The monoisotopic (exact) mass is 297 g/mol. The zero-order chi connectivity index (χ0) is 14.4. The largest absolute Gasteiger partial charge is 0.453 e. The van der Waals surface area contributed by atoms with Crippen molar-refractivity contribution in [1.82, 2.24) is 10.1 Å². The molecule has 5 nitrogen and oxygen atoms in total. The zero-order valence-corrected chi connectivity index (χ0v) is 12.0. The van der Waals surface area contributed by atoms with Gasteiger partial charge >= 0.3 is 0 Å². The van der Waals surface area contributed by atoms with E-state index in [1.807, 2.05) is 42.6 Å². The highest BCUT2D eigenvalue weighted by atomic mass is 32.1. The molecule has 0 aliphatic rings. The van der Waals surface area contributed by atoms with Crippen LogP contribution in [0.25, 0.3) is 33.3 Å². The predicted molar refractivity (Wildman–Crippen MR) is 82.0 cm³/mol. The minimum Gasteiger partial charge on any atom is -0.453 e. The van der Waals surface area contributed by atoms with Crippen LogP contribution in [0.3, 0.4) is 0 Å². The average molecular weight is 297 g/mol. The predicted octanol–water partition coefficient (Wildman–Crippen LogP) is 4.10. The lowest BCUT2D eigenvalue weighted by Gasteiger charge is -1.91. The Morgan fingerprint density at radius 1 is 1.24 bits per heavy atom. The van der Waals surface area contributed by atoms with Crippen molar-refractivity contribution in [3.8, 4) is 22.4 Å². The van der Waals surface area contributed by atoms with Crippen molar-refractivity contribution in [1.29, 1.82) is 0 Å². The van der Waals surface area contributed by atoms with Gasteiger partial charge in [-0.2, -0.15) is 4.98 Å². The van der Waals surface area contributed by atoms with E-state index in [1.165, 1.54) is 11.3 Å². The number of hydrogen-bond acceptors (Lipinski definition) is 6. The van der Waals surface area contributed by atoms with Crippen molar-refractivity contribution < 1.29 is 8.94 Å². The van der Waals surface area contributed by atoms with E-state index < -0.39 is 0 Å². The molecule has 0 saturated heterocycles. The van der Waals surface area contributed by atoms with Crippen LogP contribution in [0.15, 0.2) is 44.7 Å². The highest BCUT2D eigenvalue weighted by molar-refractivity contribution is 7.14. The van der Waals surface area contributed by atoms with Crippen LogP contribution in [0.1, 0.15) is 5.56 Å². The molecule has 0 aliphatic carbocycles. The second-order valence-electron chi connectivity index (χ2n) is 4.73. The Kier molecular flexibility index (Phi) is 2.58. The van der Waals surface area contributed by atoms with Gasteiger partial charge in [-0.3, -0.25) is 0 Å². The van der Waals surface area contributed by atoms with Crippen LogP contribution in [-0.4, -0.2) is 10.1 Å². The molecule has 4 rings (SSSR count). The molecule has 0 aliphatic heterocycles. The average Bonchev–Trinajstić information content (AvgIpc) is 3.18. The molecule has 1 aromatic carbocycles. The Bertz CT molecular complexity index is 902. The number of furan rings is 1. The summed E-state index contributed by atoms with van der Waals surface area (Å²) in [6.07, 6.45) is 0. The van der Waals surface area contributed by atoms with E-state index in [9.17, 15) is 0 Å². The second-order valence-corrected chi connectivity index (χ2v) is 5.61. The number of para-hydroxylation sites is 1. The topological polar surface area (TPSA) is 78.1 Å². The number of nitrogens with two attached hydrogens (primary N) is 1. The molecular formula is C15H11N3O2S. The maximum absolute atomic E-state index is 6.00. The first-order chi connectivity index (χ1) is 10.2. The molecule has 3 aromatic heterocycles. The van der Waals surface area contributed by atoms with Gasteiger partial charge < -0.3 is 14.7 Å². The Morgan fingerprint density at radius 2 is 2.10 bits per heavy atom. The summed E-state index contributed by atoms with van der Waals surface area (Å²) in [5.74, 6) is 1.42. The molecule has 6 heteroatoms. The zero-order valence-electron chi connectivity index (χ0n) is 11.2. The summed E-state index contributed by atoms with van der Waals surface area (Å²) in [6.45, 7) is 1.95. The third kappa shape index (κ3) is 1.92. The molecule has 0 amide bonds. The lowest BCUT2D eigenvalue weighted by Crippen LogP contribution is -1.87. The molecule has 104 valence electrons. The van der Waals surface area contributed by atoms with Crippen molar-refractivity contribution in [3.63, 3.8) is 0 Å². The summed E-state index contributed by atoms with van der Waals surface area (Å²) in [5.41, 5.74) is 8.49. The van der Waals surface area contributed by atoms with E-state index in [2.05, 4.69) is 10.1 Å². The third-order valence-electron chi connectivity index (χ3n) is 3.29. The maximum Gasteiger partial charge on any atom is 0.270 e. The van der Waals surface area contributed by atoms with E-state index in [-0.39, 0.29) is 0 Å². The standard InChI is InChI=1S/C15H11N3O2S/c1-8-7-21-13(12(8)16)15-17-14(18-20-15)11-6-9-4-2-3-5-10(9)19-11/h2-7H,16H2,1H3. The highest BCUT2D eigenvalue weighted by Crippen LogP contribution is 2.35. The van der Waals surface area contributed by atoms with Crippen LogP contribution < -0.4 is 5.73 Å². The number of fused-ring (bicyclic) bond motifs is 1. The van der Waals surface area contributed by atoms with Crippen LogP contribution in [0.5, 0.6) is 0 Å². The molecule has 0 bridgehead atoms. The van der Waals surface area contributed by atoms with Crippen LogP contribution in [0, 0.1) is 6.92 Å². The van der Waals surface area contributed by atoms with E-state index in [0.29, 0.717) is 23.2 Å². The van der Waals surface area contributed by atoms with Gasteiger partial charge in [-0.05, 0) is 30.0 Å². The molecule has 0 saturated carbocycles. The lowest BCUT2D eigenvalue weighted by atomic mass is 10.2. The van der Waals surface area contributed by atoms with Gasteiger partial charge in [0.1, 0.15) is 10.5 Å². The summed E-state index contributed by atoms with van der Waals surface area (Å²) in [6, 6.07) is 9.65. The molecule has 0 fully saturated rings. The van der Waals surface area contributed by atoms with Crippen molar-refractivity contribution in [2.75, 3.05) is 5.73 Å². The van der Waals surface area contributed by atoms with Crippen molar-refractivity contribution >= 4 is 28.0 Å². The maximum atomic E-state index is 6.00. The van der Waals surface area contributed by atoms with E-state index in [1.54, 1.807) is 0 Å². The summed E-state index contributed by atoms with van der Waals surface area (Å²) >= 11 is 1.49. The first kappa shape index (κ1) is 12.2. The van der Waals surface area contributed by atoms with Gasteiger partial charge in [0.25, 0.3) is 5.89 Å². The Balaban J connectivity index is 1.78. The molecule has 2 N–H and O–H groups in total. The minimum atomic E-state index is 0.418. The van der Waals surface area contributed by atoms with Gasteiger partial charge in [0.05, 0.1) is 5.69 Å². The number of hydrogen-bond donors (Lipinski definition) is 1. The summed E-state index contributed by atoms with van der Waals surface area (Å²) in [5, 5.41) is 6.95. The first-order valence-electron chi connectivity index (χ1n) is 6.39. The highest BCUT2D eigenvalue weighted by Gasteiger charge is 2.18. The van der Waals surface area contributed by atoms with Gasteiger partial charge in [-0.25, -0.2) is 0 Å². The molecular weight excluding hydrogens is 286 g/mol. The quantitative estimate of drug-likeness (QED) is 0.602. The van der Waals surface area contributed by atoms with Crippen molar-refractivity contribution in [2.45, 2.75) is 6.92 Å². The van der Waals surface area contributed by atoms with E-state index in [4.69, 9.17) is 14.7 Å². The molecule has 3 heterocycles. The fraction of sp³-hybridized carbons (Fsp3) is 0.0667. The number of nitrogen functional groups attached to an aromatic ring is 1. The van der Waals surface area contributed by atoms with Crippen LogP contribution in [0.2, 0.25) is 0 Å². The molecule has 0 atom stereocenters. The van der Waals surface area contributed by atoms with Crippen LogP contribution >= 0.6 is 11.3 Å². The van der Waals surface area contributed by atoms with Gasteiger partial charge in [0.15, 0.2) is 5.76 Å². The number of rotatable bonds is 2. The molecule has 0 spiro atoms. The van der Waals surface area contributed by atoms with E-state index >= 15 is 0 Å². The lowest BCUT2D eigenvalue weighted by molar-refractivity contribution is 0.431. The number of aromatic nitrogens is 2. The van der Waals surface area contributed by atoms with Gasteiger partial charge in [-0.1, -0.05) is 23.4 Å². The smallest absolute Gasteiger partial charge is 0.270 e. The summed E-state index contributed by atoms with van der Waals surface area (Å²) in [4.78, 5) is 5.17. The van der Waals surface area contributed by atoms with Crippen molar-refractivity contribution in [2.24, 2.45) is 0 Å². The SMILES string of the molecule is Cc1csc(-c2nc(-c3cc4ccccc4o3)no2)c1N. The first-order valence-corrected chi connectivity index (χ1v) is 7.27. The Labute approximate surface area is 124 Å². The van der Waals surface area contributed by atoms with Gasteiger partial charge in [-0.15, -0.1) is 11.3 Å². The molecule has 0 radical (unpaired) electrons. The number of aryl methyl sites for hydroxylation is 1. The normalized spacial score (nSPS) is 11.3. The minimum absolute atomic E-state index is 0.418. The Morgan fingerprint density at radius 3 is 2.86 bits per heavy atom. The Hall–Kier alpha value is -2.60. The molecule has 0 unspecified atom stereocenters. The third-order valence-corrected chi connectivity index (χ3v) is 4.39. The van der Waals surface area contributed by atoms with Crippen LogP contribution in [-0.2, 0) is 0 Å².